The molecule has 0 aliphatic carbocycles. The van der Waals surface area contributed by atoms with E-state index < -0.39 is 6.04 Å². The largest absolute Gasteiger partial charge is 0.492 e. The third-order valence-corrected chi connectivity index (χ3v) is 6.73. The number of aromatic nitrogens is 1. The summed E-state index contributed by atoms with van der Waals surface area (Å²) in [5.74, 6) is 0.534. The number of carbonyl (C=O) groups is 1. The van der Waals surface area contributed by atoms with Crippen LogP contribution in [0.4, 0.5) is 5.69 Å². The Bertz CT molecular complexity index is 1170. The van der Waals surface area contributed by atoms with Gasteiger partial charge in [0.15, 0.2) is 0 Å². The molecule has 2 N–H and O–H groups in total. The van der Waals surface area contributed by atoms with Crippen molar-refractivity contribution in [2.75, 3.05) is 11.9 Å². The summed E-state index contributed by atoms with van der Waals surface area (Å²) in [5.41, 5.74) is 2.58. The number of para-hydroxylation sites is 2. The smallest absolute Gasteiger partial charge is 0.246 e. The zero-order valence-corrected chi connectivity index (χ0v) is 19.6. The van der Waals surface area contributed by atoms with Crippen molar-refractivity contribution >= 4 is 34.3 Å². The Kier molecular flexibility index (Phi) is 7.32. The fourth-order valence-electron chi connectivity index (χ4n) is 3.35. The SMILES string of the molecule is CCOc1ccccc1NC(=O)C(NCc1ccc(-c2csc(C)n2)s1)c1ccccc1. The molecule has 32 heavy (non-hydrogen) atoms. The van der Waals surface area contributed by atoms with Gasteiger partial charge in [-0.1, -0.05) is 42.5 Å². The molecule has 2 heterocycles. The molecule has 1 amide bonds. The lowest BCUT2D eigenvalue weighted by molar-refractivity contribution is -0.118. The molecule has 0 bridgehead atoms. The first-order valence-corrected chi connectivity index (χ1v) is 12.2. The summed E-state index contributed by atoms with van der Waals surface area (Å²) >= 11 is 3.34. The van der Waals surface area contributed by atoms with Crippen LogP contribution in [0.1, 0.15) is 28.4 Å². The van der Waals surface area contributed by atoms with Crippen molar-refractivity contribution in [2.24, 2.45) is 0 Å². The molecular formula is C25H25N3O2S2. The number of thiophene rings is 1. The van der Waals surface area contributed by atoms with Gasteiger partial charge in [0.2, 0.25) is 5.91 Å². The number of ether oxygens (including phenoxy) is 1. The second kappa shape index (κ2) is 10.5. The number of carbonyl (C=O) groups excluding carboxylic acids is 1. The van der Waals surface area contributed by atoms with Crippen LogP contribution in [0, 0.1) is 6.92 Å². The molecule has 0 radical (unpaired) electrons. The number of hydrogen-bond donors (Lipinski definition) is 2. The maximum Gasteiger partial charge on any atom is 0.246 e. The van der Waals surface area contributed by atoms with Gasteiger partial charge in [-0.2, -0.15) is 0 Å². The van der Waals surface area contributed by atoms with Crippen LogP contribution in [0.5, 0.6) is 5.75 Å². The third-order valence-electron chi connectivity index (χ3n) is 4.85. The van der Waals surface area contributed by atoms with Gasteiger partial charge in [-0.25, -0.2) is 4.98 Å². The van der Waals surface area contributed by atoms with E-state index in [2.05, 4.69) is 33.1 Å². The van der Waals surface area contributed by atoms with Gasteiger partial charge in [-0.15, -0.1) is 22.7 Å². The summed E-state index contributed by atoms with van der Waals surface area (Å²) < 4.78 is 5.66. The van der Waals surface area contributed by atoms with Crippen LogP contribution in [0.3, 0.4) is 0 Å². The van der Waals surface area contributed by atoms with Crippen molar-refractivity contribution in [3.63, 3.8) is 0 Å². The highest BCUT2D eigenvalue weighted by atomic mass is 32.1. The zero-order chi connectivity index (χ0) is 22.3. The van der Waals surface area contributed by atoms with E-state index in [-0.39, 0.29) is 5.91 Å². The van der Waals surface area contributed by atoms with Crippen LogP contribution >= 0.6 is 22.7 Å². The molecule has 1 atom stereocenters. The number of nitrogens with zero attached hydrogens (tertiary/aromatic N) is 1. The second-order valence-corrected chi connectivity index (χ2v) is 9.39. The predicted molar refractivity (Wildman–Crippen MR) is 132 cm³/mol. The molecule has 0 spiro atoms. The fraction of sp³-hybridized carbons (Fsp3) is 0.200. The van der Waals surface area contributed by atoms with Gasteiger partial charge in [-0.05, 0) is 43.7 Å². The Morgan fingerprint density at radius 1 is 1.06 bits per heavy atom. The molecule has 4 rings (SSSR count). The van der Waals surface area contributed by atoms with Crippen molar-refractivity contribution in [3.05, 3.63) is 87.6 Å². The third kappa shape index (κ3) is 5.43. The highest BCUT2D eigenvalue weighted by Gasteiger charge is 2.21. The molecule has 0 saturated heterocycles. The van der Waals surface area contributed by atoms with Crippen LogP contribution in [0.2, 0.25) is 0 Å². The summed E-state index contributed by atoms with van der Waals surface area (Å²) in [6.45, 7) is 5.05. The van der Waals surface area contributed by atoms with E-state index in [4.69, 9.17) is 4.74 Å². The van der Waals surface area contributed by atoms with Crippen molar-refractivity contribution < 1.29 is 9.53 Å². The van der Waals surface area contributed by atoms with Crippen LogP contribution in [-0.4, -0.2) is 17.5 Å². The van der Waals surface area contributed by atoms with E-state index in [1.807, 2.05) is 68.4 Å². The van der Waals surface area contributed by atoms with E-state index in [0.717, 1.165) is 26.0 Å². The minimum atomic E-state index is -0.502. The van der Waals surface area contributed by atoms with Gasteiger partial charge in [0, 0.05) is 16.8 Å². The van der Waals surface area contributed by atoms with E-state index in [1.54, 1.807) is 22.7 Å². The van der Waals surface area contributed by atoms with Gasteiger partial charge >= 0.3 is 0 Å². The Hall–Kier alpha value is -3.00. The summed E-state index contributed by atoms with van der Waals surface area (Å²) in [6.07, 6.45) is 0. The normalized spacial score (nSPS) is 11.8. The van der Waals surface area contributed by atoms with Gasteiger partial charge < -0.3 is 10.1 Å². The van der Waals surface area contributed by atoms with E-state index in [9.17, 15) is 4.79 Å². The molecule has 7 heteroatoms. The summed E-state index contributed by atoms with van der Waals surface area (Å²) in [4.78, 5) is 20.1. The quantitative estimate of drug-likeness (QED) is 0.317. The van der Waals surface area contributed by atoms with Crippen molar-refractivity contribution in [2.45, 2.75) is 26.4 Å². The molecule has 0 saturated carbocycles. The minimum Gasteiger partial charge on any atom is -0.492 e. The molecule has 0 aliphatic heterocycles. The topological polar surface area (TPSA) is 63.2 Å². The molecule has 164 valence electrons. The van der Waals surface area contributed by atoms with Crippen molar-refractivity contribution in [1.29, 1.82) is 0 Å². The van der Waals surface area contributed by atoms with Crippen LogP contribution in [-0.2, 0) is 11.3 Å². The van der Waals surface area contributed by atoms with Gasteiger partial charge in [0.25, 0.3) is 0 Å². The lowest BCUT2D eigenvalue weighted by Gasteiger charge is -2.20. The maximum absolute atomic E-state index is 13.3. The molecule has 4 aromatic rings. The lowest BCUT2D eigenvalue weighted by Crippen LogP contribution is -2.32. The average molecular weight is 464 g/mol. The molecule has 1 unspecified atom stereocenters. The van der Waals surface area contributed by atoms with Crippen molar-refractivity contribution in [1.82, 2.24) is 10.3 Å². The monoisotopic (exact) mass is 463 g/mol. The van der Waals surface area contributed by atoms with Gasteiger partial charge in [0.05, 0.1) is 27.9 Å². The summed E-state index contributed by atoms with van der Waals surface area (Å²) in [7, 11) is 0. The Morgan fingerprint density at radius 2 is 1.84 bits per heavy atom. The Labute approximate surface area is 196 Å². The van der Waals surface area contributed by atoms with Crippen LogP contribution < -0.4 is 15.4 Å². The lowest BCUT2D eigenvalue weighted by atomic mass is 10.1. The molecular weight excluding hydrogens is 438 g/mol. The molecule has 2 aromatic heterocycles. The number of aryl methyl sites for hydroxylation is 1. The average Bonchev–Trinajstić information content (AvgIpc) is 3.45. The van der Waals surface area contributed by atoms with E-state index >= 15 is 0 Å². The van der Waals surface area contributed by atoms with E-state index in [1.165, 1.54) is 0 Å². The van der Waals surface area contributed by atoms with Gasteiger partial charge in [0.1, 0.15) is 11.8 Å². The maximum atomic E-state index is 13.3. The highest BCUT2D eigenvalue weighted by molar-refractivity contribution is 7.16. The Balaban J connectivity index is 1.50. The highest BCUT2D eigenvalue weighted by Crippen LogP contribution is 2.30. The number of anilines is 1. The standard InChI is InChI=1S/C25H25N3O2S2/c1-3-30-22-12-8-7-11-20(22)28-25(29)24(18-9-5-4-6-10-18)26-15-19-13-14-23(32-19)21-16-31-17(2)27-21/h4-14,16,24,26H,3,15H2,1-2H3,(H,28,29). The van der Waals surface area contributed by atoms with Crippen LogP contribution in [0.15, 0.2) is 72.1 Å². The molecule has 0 fully saturated rings. The summed E-state index contributed by atoms with van der Waals surface area (Å²) in [5, 5.41) is 9.60. The molecule has 2 aromatic carbocycles. The fourth-order valence-corrected chi connectivity index (χ4v) is 4.96. The first-order valence-electron chi connectivity index (χ1n) is 10.5. The number of amides is 1. The first-order chi connectivity index (χ1) is 15.6. The second-order valence-electron chi connectivity index (χ2n) is 7.16. The van der Waals surface area contributed by atoms with Crippen molar-refractivity contribution in [3.8, 4) is 16.3 Å². The zero-order valence-electron chi connectivity index (χ0n) is 18.0. The minimum absolute atomic E-state index is 0.129. The number of nitrogens with one attached hydrogen (secondary N) is 2. The number of hydrogen-bond acceptors (Lipinski definition) is 6. The summed E-state index contributed by atoms with van der Waals surface area (Å²) in [6, 6.07) is 20.9. The van der Waals surface area contributed by atoms with E-state index in [0.29, 0.717) is 24.6 Å². The number of rotatable bonds is 9. The predicted octanol–water partition coefficient (Wildman–Crippen LogP) is 6.05. The van der Waals surface area contributed by atoms with Gasteiger partial charge in [-0.3, -0.25) is 10.1 Å². The molecule has 0 aliphatic rings. The number of thiazole rings is 1. The first kappa shape index (κ1) is 22.2. The van der Waals surface area contributed by atoms with Crippen LogP contribution in [0.25, 0.3) is 10.6 Å². The molecule has 5 nitrogen and oxygen atoms in total. The number of benzene rings is 2. The Morgan fingerprint density at radius 3 is 2.59 bits per heavy atom.